The monoisotopic (exact) mass is 498 g/mol. The van der Waals surface area contributed by atoms with Crippen molar-refractivity contribution in [3.63, 3.8) is 0 Å². The van der Waals surface area contributed by atoms with Crippen LogP contribution < -0.4 is 15.8 Å². The molecule has 1 aliphatic carbocycles. The first-order valence-electron chi connectivity index (χ1n) is 12.0. The van der Waals surface area contributed by atoms with Crippen LogP contribution in [0.15, 0.2) is 42.7 Å². The quantitative estimate of drug-likeness (QED) is 0.446. The molecule has 3 atom stereocenters. The molecule has 2 aromatic heterocycles. The van der Waals surface area contributed by atoms with Crippen molar-refractivity contribution in [2.45, 2.75) is 58.1 Å². The Morgan fingerprint density at radius 2 is 1.81 bits per heavy atom. The summed E-state index contributed by atoms with van der Waals surface area (Å²) in [7, 11) is 0. The molecule has 1 fully saturated rings. The molecular formula is C27H29F3N4O2. The molecular weight excluding hydrogens is 469 g/mol. The van der Waals surface area contributed by atoms with Crippen LogP contribution in [0.5, 0.6) is 5.75 Å². The van der Waals surface area contributed by atoms with Gasteiger partial charge in [0.15, 0.2) is 0 Å². The summed E-state index contributed by atoms with van der Waals surface area (Å²) in [6, 6.07) is 5.96. The molecule has 0 saturated heterocycles. The first kappa shape index (κ1) is 25.6. The van der Waals surface area contributed by atoms with Gasteiger partial charge in [0.2, 0.25) is 0 Å². The smallest absolute Gasteiger partial charge is 0.274 e. The first-order valence-corrected chi connectivity index (χ1v) is 12.0. The second-order valence-electron chi connectivity index (χ2n) is 9.64. The molecule has 1 aromatic carbocycles. The molecule has 1 aliphatic rings. The van der Waals surface area contributed by atoms with E-state index in [1.54, 1.807) is 20.0 Å². The van der Waals surface area contributed by atoms with E-state index in [0.29, 0.717) is 11.6 Å². The third kappa shape index (κ3) is 5.67. The second-order valence-corrected chi connectivity index (χ2v) is 9.64. The van der Waals surface area contributed by atoms with Gasteiger partial charge in [-0.3, -0.25) is 9.78 Å². The summed E-state index contributed by atoms with van der Waals surface area (Å²) in [5.74, 6) is -3.15. The predicted octanol–water partition coefficient (Wildman–Crippen LogP) is 5.83. The summed E-state index contributed by atoms with van der Waals surface area (Å²) in [5.41, 5.74) is 6.14. The summed E-state index contributed by atoms with van der Waals surface area (Å²) in [6.07, 6.45) is 5.54. The van der Waals surface area contributed by atoms with Crippen LogP contribution in [0.1, 0.15) is 62.0 Å². The predicted molar refractivity (Wildman–Crippen MR) is 131 cm³/mol. The van der Waals surface area contributed by atoms with Crippen LogP contribution in [0.25, 0.3) is 11.3 Å². The molecule has 1 amide bonds. The molecule has 0 aliphatic heterocycles. The molecule has 0 radical (unpaired) electrons. The summed E-state index contributed by atoms with van der Waals surface area (Å²) in [4.78, 5) is 21.1. The number of aromatic nitrogens is 2. The Balaban J connectivity index is 1.63. The van der Waals surface area contributed by atoms with Gasteiger partial charge < -0.3 is 15.8 Å². The van der Waals surface area contributed by atoms with Gasteiger partial charge in [-0.1, -0.05) is 6.92 Å². The molecule has 6 nitrogen and oxygen atoms in total. The maximum atomic E-state index is 14.8. The topological polar surface area (TPSA) is 90.1 Å². The number of pyridine rings is 2. The number of nitrogens with two attached hydrogens (primary N) is 1. The minimum Gasteiger partial charge on any atom is -0.491 e. The number of rotatable bonds is 6. The van der Waals surface area contributed by atoms with E-state index in [1.807, 2.05) is 6.07 Å². The molecule has 9 heteroatoms. The third-order valence-corrected chi connectivity index (χ3v) is 6.22. The normalized spacial score (nSPS) is 19.8. The fourth-order valence-corrected chi connectivity index (χ4v) is 4.82. The first-order chi connectivity index (χ1) is 17.1. The molecule has 190 valence electrons. The van der Waals surface area contributed by atoms with Crippen LogP contribution in [0.2, 0.25) is 0 Å². The van der Waals surface area contributed by atoms with E-state index >= 15 is 0 Å². The standard InChI is InChI=1S/C27H29F3N4O2/c1-14(2)36-18-11-21(29)25(22(30)12-18)26-20(28)4-5-23(33-26)27(35)34-24-13-32-7-6-19(24)16-8-15(3)9-17(31)10-16/h4-7,11-17H,8-10,31H2,1-3H3,(H,34,35)/t15-,16+,17-/m0/s1. The zero-order valence-corrected chi connectivity index (χ0v) is 20.4. The molecule has 4 rings (SSSR count). The number of hydrogen-bond acceptors (Lipinski definition) is 5. The lowest BCUT2D eigenvalue weighted by Crippen LogP contribution is -2.31. The lowest BCUT2D eigenvalue weighted by molar-refractivity contribution is 0.102. The zero-order chi connectivity index (χ0) is 26.0. The maximum Gasteiger partial charge on any atom is 0.274 e. The highest BCUT2D eigenvalue weighted by molar-refractivity contribution is 6.03. The summed E-state index contributed by atoms with van der Waals surface area (Å²) in [5, 5.41) is 2.78. The number of carbonyl (C=O) groups is 1. The van der Waals surface area contributed by atoms with Crippen molar-refractivity contribution in [1.82, 2.24) is 9.97 Å². The van der Waals surface area contributed by atoms with Crippen molar-refractivity contribution in [3.05, 3.63) is 71.4 Å². The van der Waals surface area contributed by atoms with Crippen LogP contribution in [-0.2, 0) is 0 Å². The molecule has 2 heterocycles. The van der Waals surface area contributed by atoms with Gasteiger partial charge in [0.25, 0.3) is 5.91 Å². The van der Waals surface area contributed by atoms with E-state index in [9.17, 15) is 18.0 Å². The van der Waals surface area contributed by atoms with Crippen molar-refractivity contribution >= 4 is 11.6 Å². The highest BCUT2D eigenvalue weighted by Gasteiger charge is 2.28. The Morgan fingerprint density at radius 3 is 2.47 bits per heavy atom. The number of ether oxygens (including phenoxy) is 1. The van der Waals surface area contributed by atoms with Crippen LogP contribution in [0, 0.1) is 23.4 Å². The van der Waals surface area contributed by atoms with E-state index < -0.39 is 34.6 Å². The van der Waals surface area contributed by atoms with Crippen molar-refractivity contribution in [2.75, 3.05) is 5.32 Å². The highest BCUT2D eigenvalue weighted by atomic mass is 19.1. The van der Waals surface area contributed by atoms with Crippen LogP contribution >= 0.6 is 0 Å². The van der Waals surface area contributed by atoms with Crippen molar-refractivity contribution in [1.29, 1.82) is 0 Å². The number of carbonyl (C=O) groups excluding carboxylic acids is 1. The van der Waals surface area contributed by atoms with Crippen LogP contribution in [0.3, 0.4) is 0 Å². The number of halogens is 3. The number of nitrogens with zero attached hydrogens (tertiary/aromatic N) is 2. The fourth-order valence-electron chi connectivity index (χ4n) is 4.82. The molecule has 0 spiro atoms. The van der Waals surface area contributed by atoms with E-state index in [-0.39, 0.29) is 29.5 Å². The Morgan fingerprint density at radius 1 is 1.08 bits per heavy atom. The Kier molecular flexibility index (Phi) is 7.59. The van der Waals surface area contributed by atoms with Crippen molar-refractivity contribution in [3.8, 4) is 17.0 Å². The van der Waals surface area contributed by atoms with Crippen molar-refractivity contribution < 1.29 is 22.7 Å². The molecule has 3 N–H and O–H groups in total. The highest BCUT2D eigenvalue weighted by Crippen LogP contribution is 2.38. The summed E-state index contributed by atoms with van der Waals surface area (Å²) >= 11 is 0. The van der Waals surface area contributed by atoms with Gasteiger partial charge >= 0.3 is 0 Å². The van der Waals surface area contributed by atoms with E-state index in [4.69, 9.17) is 10.5 Å². The van der Waals surface area contributed by atoms with Gasteiger partial charge in [-0.15, -0.1) is 0 Å². The maximum absolute atomic E-state index is 14.8. The van der Waals surface area contributed by atoms with Crippen LogP contribution in [-0.4, -0.2) is 28.0 Å². The van der Waals surface area contributed by atoms with Crippen molar-refractivity contribution in [2.24, 2.45) is 11.7 Å². The minimum absolute atomic E-state index is 0.0288. The molecule has 0 bridgehead atoms. The second kappa shape index (κ2) is 10.7. The Bertz CT molecular complexity index is 1230. The van der Waals surface area contributed by atoms with Gasteiger partial charge in [-0.25, -0.2) is 18.2 Å². The number of hydrogen-bond donors (Lipinski definition) is 2. The SMILES string of the molecule is CC(C)Oc1cc(F)c(-c2nc(C(=O)Nc3cnccc3[C@@H]3C[C@H](C)C[C@H](N)C3)ccc2F)c(F)c1. The Labute approximate surface area is 208 Å². The summed E-state index contributed by atoms with van der Waals surface area (Å²) < 4.78 is 49.5. The van der Waals surface area contributed by atoms with E-state index in [0.717, 1.165) is 49.1 Å². The van der Waals surface area contributed by atoms with Gasteiger partial charge in [0.1, 0.15) is 34.6 Å². The number of benzene rings is 1. The molecule has 3 aromatic rings. The third-order valence-electron chi connectivity index (χ3n) is 6.22. The number of anilines is 1. The minimum atomic E-state index is -1.05. The summed E-state index contributed by atoms with van der Waals surface area (Å²) in [6.45, 7) is 5.57. The average Bonchev–Trinajstić information content (AvgIpc) is 2.79. The van der Waals surface area contributed by atoms with Gasteiger partial charge in [0, 0.05) is 24.4 Å². The largest absolute Gasteiger partial charge is 0.491 e. The average molecular weight is 499 g/mol. The van der Waals surface area contributed by atoms with Gasteiger partial charge in [-0.05, 0) is 68.7 Å². The van der Waals surface area contributed by atoms with Gasteiger partial charge in [0.05, 0.1) is 23.6 Å². The lowest BCUT2D eigenvalue weighted by atomic mass is 9.76. The van der Waals surface area contributed by atoms with Gasteiger partial charge in [-0.2, -0.15) is 0 Å². The fraction of sp³-hybridized carbons (Fsp3) is 0.370. The zero-order valence-electron chi connectivity index (χ0n) is 20.4. The van der Waals surface area contributed by atoms with E-state index in [1.165, 1.54) is 6.20 Å². The number of amides is 1. The Hall–Kier alpha value is -3.46. The van der Waals surface area contributed by atoms with Crippen LogP contribution in [0.4, 0.5) is 18.9 Å². The lowest BCUT2D eigenvalue weighted by Gasteiger charge is -2.32. The molecule has 1 saturated carbocycles. The molecule has 0 unspecified atom stereocenters. The van der Waals surface area contributed by atoms with E-state index in [2.05, 4.69) is 22.2 Å². The number of nitrogens with one attached hydrogen (secondary N) is 1. The molecule has 36 heavy (non-hydrogen) atoms.